The minimum absolute atomic E-state index is 0. The number of nitrogens with two attached hydrogens (primary N) is 1. The zero-order valence-corrected chi connectivity index (χ0v) is 16.6. The van der Waals surface area contributed by atoms with Crippen molar-refractivity contribution in [3.63, 3.8) is 0 Å². The summed E-state index contributed by atoms with van der Waals surface area (Å²) in [6, 6.07) is 4.08. The predicted molar refractivity (Wildman–Crippen MR) is 101 cm³/mol. The fourth-order valence-corrected chi connectivity index (χ4v) is 4.71. The minimum Gasteiger partial charge on any atom is -0.376 e. The number of hydrogen-bond donors (Lipinski definition) is 2. The van der Waals surface area contributed by atoms with Crippen LogP contribution in [-0.4, -0.2) is 56.4 Å². The standard InChI is InChI=1S/C17H23N3O5S.ClH/c1-11(18)6-7-19-16(21)12-4-5-14-15(9-12)26(23,24)20(17(14)22)10-13-3-2-8-25-13;/h4-5,9,11,13H,2-3,6-8,10,18H2,1H3,(H,19,21);1H. The summed E-state index contributed by atoms with van der Waals surface area (Å²) in [7, 11) is -3.97. The summed E-state index contributed by atoms with van der Waals surface area (Å²) in [5, 5.41) is 2.70. The second-order valence-corrected chi connectivity index (χ2v) is 8.54. The highest BCUT2D eigenvalue weighted by molar-refractivity contribution is 7.90. The van der Waals surface area contributed by atoms with Crippen molar-refractivity contribution in [2.45, 2.75) is 43.2 Å². The summed E-state index contributed by atoms with van der Waals surface area (Å²) in [6.45, 7) is 2.81. The molecule has 8 nitrogen and oxygen atoms in total. The van der Waals surface area contributed by atoms with Gasteiger partial charge in [0, 0.05) is 24.8 Å². The molecule has 0 spiro atoms. The maximum Gasteiger partial charge on any atom is 0.269 e. The summed E-state index contributed by atoms with van der Waals surface area (Å²) in [5.41, 5.74) is 5.93. The number of rotatable bonds is 6. The van der Waals surface area contributed by atoms with Gasteiger partial charge < -0.3 is 15.8 Å². The molecule has 3 rings (SSSR count). The van der Waals surface area contributed by atoms with Gasteiger partial charge in [0.05, 0.1) is 18.2 Å². The average Bonchev–Trinajstić information content (AvgIpc) is 3.16. The zero-order valence-electron chi connectivity index (χ0n) is 15.0. The molecule has 10 heteroatoms. The molecular formula is C17H24ClN3O5S. The number of nitrogens with zero attached hydrogens (tertiary/aromatic N) is 1. The SMILES string of the molecule is CC(N)CCNC(=O)c1ccc2c(c1)S(=O)(=O)N(CC1CCCO1)C2=O.Cl. The second kappa shape index (κ2) is 8.55. The molecule has 2 unspecified atom stereocenters. The fraction of sp³-hybridized carbons (Fsp3) is 0.529. The normalized spacial score (nSPS) is 21.5. The van der Waals surface area contributed by atoms with Gasteiger partial charge in [0.25, 0.3) is 21.8 Å². The Morgan fingerprint density at radius 3 is 2.81 bits per heavy atom. The first-order chi connectivity index (χ1) is 12.3. The summed E-state index contributed by atoms with van der Waals surface area (Å²) >= 11 is 0. The Balaban J connectivity index is 0.00000261. The van der Waals surface area contributed by atoms with E-state index in [9.17, 15) is 18.0 Å². The lowest BCUT2D eigenvalue weighted by molar-refractivity contribution is 0.0707. The van der Waals surface area contributed by atoms with E-state index in [0.717, 1.165) is 17.1 Å². The van der Waals surface area contributed by atoms with E-state index < -0.39 is 21.8 Å². The zero-order chi connectivity index (χ0) is 18.9. The van der Waals surface area contributed by atoms with Gasteiger partial charge in [-0.1, -0.05) is 0 Å². The van der Waals surface area contributed by atoms with Gasteiger partial charge in [0.1, 0.15) is 4.90 Å². The summed E-state index contributed by atoms with van der Waals surface area (Å²) < 4.78 is 31.8. The molecule has 0 bridgehead atoms. The van der Waals surface area contributed by atoms with Crippen LogP contribution in [0.25, 0.3) is 0 Å². The van der Waals surface area contributed by atoms with Gasteiger partial charge in [0.2, 0.25) is 0 Å². The predicted octanol–water partition coefficient (Wildman–Crippen LogP) is 0.899. The van der Waals surface area contributed by atoms with Crippen LogP contribution in [0, 0.1) is 0 Å². The molecule has 1 fully saturated rings. The molecule has 2 amide bonds. The van der Waals surface area contributed by atoms with Gasteiger partial charge in [-0.05, 0) is 44.4 Å². The van der Waals surface area contributed by atoms with Crippen molar-refractivity contribution >= 4 is 34.2 Å². The van der Waals surface area contributed by atoms with E-state index in [1.54, 1.807) is 0 Å². The van der Waals surface area contributed by atoms with E-state index in [2.05, 4.69) is 5.32 Å². The molecule has 27 heavy (non-hydrogen) atoms. The Morgan fingerprint density at radius 2 is 2.19 bits per heavy atom. The van der Waals surface area contributed by atoms with Crippen molar-refractivity contribution < 1.29 is 22.7 Å². The number of fused-ring (bicyclic) bond motifs is 1. The van der Waals surface area contributed by atoms with Gasteiger partial charge in [0.15, 0.2) is 0 Å². The van der Waals surface area contributed by atoms with Gasteiger partial charge in [-0.2, -0.15) is 0 Å². The van der Waals surface area contributed by atoms with E-state index in [0.29, 0.717) is 19.6 Å². The Kier molecular flexibility index (Phi) is 6.85. The van der Waals surface area contributed by atoms with Crippen LogP contribution in [0.3, 0.4) is 0 Å². The van der Waals surface area contributed by atoms with Gasteiger partial charge >= 0.3 is 0 Å². The molecule has 1 aromatic rings. The number of carbonyl (C=O) groups is 2. The van der Waals surface area contributed by atoms with Crippen LogP contribution < -0.4 is 11.1 Å². The molecule has 3 N–H and O–H groups in total. The number of amides is 2. The van der Waals surface area contributed by atoms with Crippen LogP contribution in [-0.2, 0) is 14.8 Å². The first-order valence-corrected chi connectivity index (χ1v) is 10.1. The van der Waals surface area contributed by atoms with E-state index in [4.69, 9.17) is 10.5 Å². The maximum atomic E-state index is 12.8. The van der Waals surface area contributed by atoms with Gasteiger partial charge in [-0.15, -0.1) is 12.4 Å². The summed E-state index contributed by atoms with van der Waals surface area (Å²) in [5.74, 6) is -0.965. The van der Waals surface area contributed by atoms with E-state index in [1.807, 2.05) is 6.92 Å². The smallest absolute Gasteiger partial charge is 0.269 e. The van der Waals surface area contributed by atoms with E-state index in [1.165, 1.54) is 18.2 Å². The van der Waals surface area contributed by atoms with Crippen molar-refractivity contribution in [1.29, 1.82) is 0 Å². The molecule has 0 aromatic heterocycles. The lowest BCUT2D eigenvalue weighted by Crippen LogP contribution is -2.36. The van der Waals surface area contributed by atoms with Crippen LogP contribution in [0.4, 0.5) is 0 Å². The molecule has 2 aliphatic heterocycles. The van der Waals surface area contributed by atoms with Crippen LogP contribution >= 0.6 is 12.4 Å². The number of sulfonamides is 1. The maximum absolute atomic E-state index is 12.8. The average molecular weight is 418 g/mol. The number of ether oxygens (including phenoxy) is 1. The molecule has 0 radical (unpaired) electrons. The van der Waals surface area contributed by atoms with Crippen molar-refractivity contribution in [1.82, 2.24) is 9.62 Å². The third kappa shape index (κ3) is 4.43. The molecule has 2 atom stereocenters. The molecule has 0 aliphatic carbocycles. The Hall–Kier alpha value is -1.68. The topological polar surface area (TPSA) is 119 Å². The summed E-state index contributed by atoms with van der Waals surface area (Å²) in [6.07, 6.45) is 1.92. The minimum atomic E-state index is -3.97. The molecule has 1 aromatic carbocycles. The first-order valence-electron chi connectivity index (χ1n) is 8.67. The number of carbonyl (C=O) groups excluding carboxylic acids is 2. The third-order valence-corrected chi connectivity index (χ3v) is 6.34. The second-order valence-electron chi connectivity index (χ2n) is 6.71. The molecule has 0 saturated carbocycles. The summed E-state index contributed by atoms with van der Waals surface area (Å²) in [4.78, 5) is 24.6. The molecule has 2 aliphatic rings. The van der Waals surface area contributed by atoms with Crippen LogP contribution in [0.5, 0.6) is 0 Å². The fourth-order valence-electron chi connectivity index (χ4n) is 3.09. The van der Waals surface area contributed by atoms with Crippen LogP contribution in [0.15, 0.2) is 23.1 Å². The lowest BCUT2D eigenvalue weighted by Gasteiger charge is -2.18. The molecule has 2 heterocycles. The first kappa shape index (κ1) is 21.6. The number of nitrogens with one attached hydrogen (secondary N) is 1. The Labute approximate surface area is 164 Å². The largest absolute Gasteiger partial charge is 0.376 e. The highest BCUT2D eigenvalue weighted by Crippen LogP contribution is 2.32. The Morgan fingerprint density at radius 1 is 1.44 bits per heavy atom. The number of hydrogen-bond acceptors (Lipinski definition) is 6. The quantitative estimate of drug-likeness (QED) is 0.709. The van der Waals surface area contributed by atoms with Crippen LogP contribution in [0.2, 0.25) is 0 Å². The lowest BCUT2D eigenvalue weighted by atomic mass is 10.1. The highest BCUT2D eigenvalue weighted by Gasteiger charge is 2.43. The molecule has 150 valence electrons. The van der Waals surface area contributed by atoms with Crippen molar-refractivity contribution in [3.05, 3.63) is 29.3 Å². The number of benzene rings is 1. The Bertz CT molecular complexity index is 822. The number of halogens is 1. The highest BCUT2D eigenvalue weighted by atomic mass is 35.5. The van der Waals surface area contributed by atoms with Gasteiger partial charge in [-0.25, -0.2) is 12.7 Å². The van der Waals surface area contributed by atoms with Crippen molar-refractivity contribution in [3.8, 4) is 0 Å². The van der Waals surface area contributed by atoms with Crippen LogP contribution in [0.1, 0.15) is 46.9 Å². The molecule has 1 saturated heterocycles. The van der Waals surface area contributed by atoms with E-state index in [-0.39, 0.29) is 47.1 Å². The van der Waals surface area contributed by atoms with Gasteiger partial charge in [-0.3, -0.25) is 9.59 Å². The van der Waals surface area contributed by atoms with Crippen molar-refractivity contribution in [2.75, 3.05) is 19.7 Å². The third-order valence-electron chi connectivity index (χ3n) is 4.55. The van der Waals surface area contributed by atoms with E-state index >= 15 is 0 Å². The molecular weight excluding hydrogens is 394 g/mol. The van der Waals surface area contributed by atoms with Crippen molar-refractivity contribution in [2.24, 2.45) is 5.73 Å². The monoisotopic (exact) mass is 417 g/mol.